The molecule has 1 heterocycles. The number of primary amides is 1. The highest BCUT2D eigenvalue weighted by Crippen LogP contribution is 2.33. The summed E-state index contributed by atoms with van der Waals surface area (Å²) in [6.07, 6.45) is -0.885. The first kappa shape index (κ1) is 18.8. The van der Waals surface area contributed by atoms with Crippen molar-refractivity contribution in [2.75, 3.05) is 25.0 Å². The molecule has 0 saturated heterocycles. The molecule has 6 nitrogen and oxygen atoms in total. The third kappa shape index (κ3) is 4.09. The molecule has 2 atom stereocenters. The van der Waals surface area contributed by atoms with Gasteiger partial charge >= 0.3 is 0 Å². The maximum absolute atomic E-state index is 13.1. The van der Waals surface area contributed by atoms with Gasteiger partial charge in [-0.1, -0.05) is 24.3 Å². The number of hydrogen-bond donors (Lipinski definition) is 1. The molecule has 0 bridgehead atoms. The monoisotopic (exact) mass is 371 g/mol. The molecule has 0 saturated carbocycles. The molecule has 0 aromatic heterocycles. The Morgan fingerprint density at radius 2 is 1.93 bits per heavy atom. The van der Waals surface area contributed by atoms with Crippen LogP contribution in [-0.2, 0) is 9.59 Å². The molecule has 2 amide bonds. The first-order valence-corrected chi connectivity index (χ1v) is 8.68. The van der Waals surface area contributed by atoms with Crippen LogP contribution in [0.25, 0.3) is 0 Å². The van der Waals surface area contributed by atoms with Crippen molar-refractivity contribution in [1.82, 2.24) is 4.90 Å². The fourth-order valence-electron chi connectivity index (χ4n) is 3.05. The summed E-state index contributed by atoms with van der Waals surface area (Å²) in [6.45, 7) is 2.14. The van der Waals surface area contributed by atoms with E-state index < -0.39 is 12.0 Å². The SMILES string of the molecule is C[C@H](c1ccc(F)cc1)N(C)CC(=O)N1C[C@@H](C(N)=O)Oc2ccccc21. The topological polar surface area (TPSA) is 75.9 Å². The quantitative estimate of drug-likeness (QED) is 0.873. The van der Waals surface area contributed by atoms with Crippen LogP contribution in [-0.4, -0.2) is 43.0 Å². The minimum absolute atomic E-state index is 0.0734. The summed E-state index contributed by atoms with van der Waals surface area (Å²) in [5, 5.41) is 0. The Hall–Kier alpha value is -2.93. The summed E-state index contributed by atoms with van der Waals surface area (Å²) < 4.78 is 18.7. The van der Waals surface area contributed by atoms with Crippen LogP contribution in [0.15, 0.2) is 48.5 Å². The van der Waals surface area contributed by atoms with Gasteiger partial charge in [-0.05, 0) is 43.8 Å². The first-order chi connectivity index (χ1) is 12.9. The molecule has 0 unspecified atom stereocenters. The normalized spacial score (nSPS) is 17.2. The Labute approximate surface area is 157 Å². The number of halogens is 1. The van der Waals surface area contributed by atoms with Crippen molar-refractivity contribution in [2.24, 2.45) is 5.73 Å². The van der Waals surface area contributed by atoms with E-state index in [1.807, 2.05) is 18.9 Å². The van der Waals surface area contributed by atoms with E-state index in [0.29, 0.717) is 11.4 Å². The van der Waals surface area contributed by atoms with Gasteiger partial charge in [-0.2, -0.15) is 0 Å². The molecule has 3 rings (SSSR count). The molecule has 1 aliphatic heterocycles. The van der Waals surface area contributed by atoms with Crippen LogP contribution in [0, 0.1) is 5.82 Å². The van der Waals surface area contributed by atoms with Gasteiger partial charge in [0.25, 0.3) is 5.91 Å². The Morgan fingerprint density at radius 1 is 1.26 bits per heavy atom. The lowest BCUT2D eigenvalue weighted by atomic mass is 10.1. The van der Waals surface area contributed by atoms with Gasteiger partial charge < -0.3 is 15.4 Å². The Balaban J connectivity index is 1.76. The van der Waals surface area contributed by atoms with Crippen molar-refractivity contribution < 1.29 is 18.7 Å². The predicted octanol–water partition coefficient (Wildman–Crippen LogP) is 2.10. The van der Waals surface area contributed by atoms with Crippen LogP contribution in [0.1, 0.15) is 18.5 Å². The van der Waals surface area contributed by atoms with Gasteiger partial charge in [-0.3, -0.25) is 14.5 Å². The van der Waals surface area contributed by atoms with Crippen molar-refractivity contribution in [3.05, 3.63) is 59.9 Å². The third-order valence-electron chi connectivity index (χ3n) is 4.79. The average molecular weight is 371 g/mol. The molecule has 0 aliphatic carbocycles. The lowest BCUT2D eigenvalue weighted by Gasteiger charge is -2.35. The molecule has 0 spiro atoms. The first-order valence-electron chi connectivity index (χ1n) is 8.68. The lowest BCUT2D eigenvalue weighted by Crippen LogP contribution is -2.51. The van der Waals surface area contributed by atoms with E-state index in [0.717, 1.165) is 5.56 Å². The fourth-order valence-corrected chi connectivity index (χ4v) is 3.05. The van der Waals surface area contributed by atoms with Crippen LogP contribution < -0.4 is 15.4 Å². The molecule has 142 valence electrons. The van der Waals surface area contributed by atoms with Crippen molar-refractivity contribution in [3.63, 3.8) is 0 Å². The summed E-state index contributed by atoms with van der Waals surface area (Å²) in [6, 6.07) is 13.2. The number of anilines is 1. The van der Waals surface area contributed by atoms with E-state index >= 15 is 0 Å². The third-order valence-corrected chi connectivity index (χ3v) is 4.79. The maximum Gasteiger partial charge on any atom is 0.260 e. The van der Waals surface area contributed by atoms with Crippen LogP contribution in [0.4, 0.5) is 10.1 Å². The Morgan fingerprint density at radius 3 is 2.59 bits per heavy atom. The van der Waals surface area contributed by atoms with E-state index in [1.165, 1.54) is 17.0 Å². The fraction of sp³-hybridized carbons (Fsp3) is 0.300. The van der Waals surface area contributed by atoms with E-state index in [4.69, 9.17) is 10.5 Å². The summed E-state index contributed by atoms with van der Waals surface area (Å²) >= 11 is 0. The molecule has 0 radical (unpaired) electrons. The van der Waals surface area contributed by atoms with Crippen LogP contribution >= 0.6 is 0 Å². The number of hydrogen-bond acceptors (Lipinski definition) is 4. The number of fused-ring (bicyclic) bond motifs is 1. The smallest absolute Gasteiger partial charge is 0.260 e. The van der Waals surface area contributed by atoms with Crippen LogP contribution in [0.3, 0.4) is 0 Å². The minimum Gasteiger partial charge on any atom is -0.477 e. The largest absolute Gasteiger partial charge is 0.477 e. The van der Waals surface area contributed by atoms with Crippen molar-refractivity contribution >= 4 is 17.5 Å². The van der Waals surface area contributed by atoms with E-state index in [2.05, 4.69) is 0 Å². The number of rotatable bonds is 5. The molecule has 27 heavy (non-hydrogen) atoms. The van der Waals surface area contributed by atoms with Gasteiger partial charge in [-0.15, -0.1) is 0 Å². The predicted molar refractivity (Wildman–Crippen MR) is 99.9 cm³/mol. The Bertz CT molecular complexity index is 841. The van der Waals surface area contributed by atoms with E-state index in [9.17, 15) is 14.0 Å². The molecule has 1 aliphatic rings. The standard InChI is InChI=1S/C20H22FN3O3/c1-13(14-7-9-15(21)10-8-14)23(2)12-19(25)24-11-18(20(22)26)27-17-6-4-3-5-16(17)24/h3-10,13,18H,11-12H2,1-2H3,(H2,22,26)/t13-,18+/m1/s1. The summed E-state index contributed by atoms with van der Waals surface area (Å²) in [5.74, 6) is -0.633. The molecule has 2 aromatic carbocycles. The van der Waals surface area contributed by atoms with Gasteiger partial charge in [0.1, 0.15) is 11.6 Å². The maximum atomic E-state index is 13.1. The minimum atomic E-state index is -0.885. The number of ether oxygens (including phenoxy) is 1. The number of carbonyl (C=O) groups excluding carboxylic acids is 2. The number of amides is 2. The molecule has 0 fully saturated rings. The number of carbonyl (C=O) groups is 2. The second-order valence-corrected chi connectivity index (χ2v) is 6.62. The average Bonchev–Trinajstić information content (AvgIpc) is 2.66. The summed E-state index contributed by atoms with van der Waals surface area (Å²) in [4.78, 5) is 27.9. The molecule has 7 heteroatoms. The molecule has 2 N–H and O–H groups in total. The number of nitrogens with two attached hydrogens (primary N) is 1. The number of likely N-dealkylation sites (N-methyl/N-ethyl adjacent to an activating group) is 1. The number of nitrogens with zero attached hydrogens (tertiary/aromatic N) is 2. The van der Waals surface area contributed by atoms with Crippen LogP contribution in [0.2, 0.25) is 0 Å². The molecular weight excluding hydrogens is 349 g/mol. The second-order valence-electron chi connectivity index (χ2n) is 6.62. The second kappa shape index (κ2) is 7.75. The van der Waals surface area contributed by atoms with Gasteiger partial charge in [0.2, 0.25) is 5.91 Å². The number of benzene rings is 2. The molecule has 2 aromatic rings. The molecular formula is C20H22FN3O3. The van der Waals surface area contributed by atoms with Crippen LogP contribution in [0.5, 0.6) is 5.75 Å². The zero-order valence-corrected chi connectivity index (χ0v) is 15.3. The van der Waals surface area contributed by atoms with Gasteiger partial charge in [0, 0.05) is 6.04 Å². The summed E-state index contributed by atoms with van der Waals surface area (Å²) in [5.41, 5.74) is 6.90. The highest BCUT2D eigenvalue weighted by atomic mass is 19.1. The lowest BCUT2D eigenvalue weighted by molar-refractivity contribution is -0.125. The van der Waals surface area contributed by atoms with Gasteiger partial charge in [-0.25, -0.2) is 4.39 Å². The number of para-hydroxylation sites is 2. The van der Waals surface area contributed by atoms with Gasteiger partial charge in [0.05, 0.1) is 18.8 Å². The zero-order chi connectivity index (χ0) is 19.6. The highest BCUT2D eigenvalue weighted by Gasteiger charge is 2.33. The summed E-state index contributed by atoms with van der Waals surface area (Å²) in [7, 11) is 1.82. The zero-order valence-electron chi connectivity index (χ0n) is 15.3. The van der Waals surface area contributed by atoms with Gasteiger partial charge in [0.15, 0.2) is 6.10 Å². The van der Waals surface area contributed by atoms with E-state index in [-0.39, 0.29) is 30.9 Å². The van der Waals surface area contributed by atoms with Crippen molar-refractivity contribution in [3.8, 4) is 5.75 Å². The van der Waals surface area contributed by atoms with Crippen molar-refractivity contribution in [1.29, 1.82) is 0 Å². The highest BCUT2D eigenvalue weighted by molar-refractivity contribution is 5.98. The van der Waals surface area contributed by atoms with Crippen molar-refractivity contribution in [2.45, 2.75) is 19.1 Å². The Kier molecular flexibility index (Phi) is 5.41. The van der Waals surface area contributed by atoms with E-state index in [1.54, 1.807) is 36.4 Å².